The minimum Gasteiger partial charge on any atom is -0.507 e. The number of nitrogens with zero attached hydrogens (tertiary/aromatic N) is 1. The van der Waals surface area contributed by atoms with Crippen molar-refractivity contribution in [2.45, 2.75) is 19.9 Å². The number of anilines is 1. The summed E-state index contributed by atoms with van der Waals surface area (Å²) < 4.78 is 13.6. The van der Waals surface area contributed by atoms with Gasteiger partial charge in [0.05, 0.1) is 11.6 Å². The Labute approximate surface area is 184 Å². The van der Waals surface area contributed by atoms with Crippen molar-refractivity contribution in [1.29, 1.82) is 0 Å². The second-order valence-corrected chi connectivity index (χ2v) is 8.01. The maximum atomic E-state index is 13.6. The first-order valence-electron chi connectivity index (χ1n) is 9.67. The summed E-state index contributed by atoms with van der Waals surface area (Å²) in [5.41, 5.74) is 3.19. The number of hydrogen-bond donors (Lipinski definition) is 1. The number of aliphatic hydroxyl groups excluding tert-OH is 1. The van der Waals surface area contributed by atoms with Crippen LogP contribution in [0.4, 0.5) is 10.1 Å². The minimum absolute atomic E-state index is 0.0573. The monoisotopic (exact) mass is 435 g/mol. The van der Waals surface area contributed by atoms with Crippen molar-refractivity contribution in [2.24, 2.45) is 0 Å². The molecule has 1 atom stereocenters. The van der Waals surface area contributed by atoms with Gasteiger partial charge in [0, 0.05) is 16.3 Å². The van der Waals surface area contributed by atoms with Crippen LogP contribution in [0.1, 0.15) is 28.3 Å². The van der Waals surface area contributed by atoms with E-state index in [0.29, 0.717) is 21.8 Å². The molecule has 0 saturated carbocycles. The number of Topliss-reactive ketones (excluding diaryl/α,β-unsaturated/α-hetero) is 1. The number of carbonyl (C=O) groups excluding carboxylic acids is 2. The lowest BCUT2D eigenvalue weighted by atomic mass is 9.95. The fraction of sp³-hybridized carbons (Fsp3) is 0.120. The summed E-state index contributed by atoms with van der Waals surface area (Å²) in [6.45, 7) is 3.79. The molecule has 156 valence electrons. The summed E-state index contributed by atoms with van der Waals surface area (Å²) in [5.74, 6) is -2.31. The van der Waals surface area contributed by atoms with Gasteiger partial charge in [0.2, 0.25) is 0 Å². The van der Waals surface area contributed by atoms with Crippen LogP contribution in [0, 0.1) is 19.7 Å². The molecule has 6 heteroatoms. The Morgan fingerprint density at radius 2 is 1.52 bits per heavy atom. The zero-order valence-corrected chi connectivity index (χ0v) is 17.7. The Morgan fingerprint density at radius 3 is 2.10 bits per heavy atom. The molecule has 3 aromatic rings. The molecule has 0 bridgehead atoms. The number of aliphatic hydroxyl groups is 1. The van der Waals surface area contributed by atoms with Crippen LogP contribution in [0.5, 0.6) is 0 Å². The first kappa shape index (κ1) is 20.8. The van der Waals surface area contributed by atoms with Crippen molar-refractivity contribution < 1.29 is 19.1 Å². The smallest absolute Gasteiger partial charge is 0.300 e. The summed E-state index contributed by atoms with van der Waals surface area (Å²) in [5, 5.41) is 11.5. The van der Waals surface area contributed by atoms with Crippen LogP contribution < -0.4 is 4.90 Å². The average molecular weight is 436 g/mol. The molecule has 0 spiro atoms. The molecule has 3 aromatic carbocycles. The third kappa shape index (κ3) is 3.84. The molecule has 0 aromatic heterocycles. The van der Waals surface area contributed by atoms with E-state index in [2.05, 4.69) is 0 Å². The molecule has 4 nitrogen and oxygen atoms in total. The fourth-order valence-electron chi connectivity index (χ4n) is 3.91. The van der Waals surface area contributed by atoms with E-state index in [1.54, 1.807) is 36.4 Å². The number of amides is 1. The van der Waals surface area contributed by atoms with E-state index in [0.717, 1.165) is 11.1 Å². The topological polar surface area (TPSA) is 57.6 Å². The van der Waals surface area contributed by atoms with Gasteiger partial charge in [-0.15, -0.1) is 0 Å². The lowest BCUT2D eigenvalue weighted by Crippen LogP contribution is -2.29. The highest BCUT2D eigenvalue weighted by Gasteiger charge is 2.47. The Bertz CT molecular complexity index is 1200. The van der Waals surface area contributed by atoms with Gasteiger partial charge >= 0.3 is 0 Å². The van der Waals surface area contributed by atoms with Crippen LogP contribution in [0.3, 0.4) is 0 Å². The quantitative estimate of drug-likeness (QED) is 0.325. The molecule has 1 N–H and O–H groups in total. The molecule has 1 amide bonds. The first-order chi connectivity index (χ1) is 14.8. The standard InChI is InChI=1S/C25H19ClFNO3/c1-14-11-15(2)13-20(12-14)28-22(16-5-9-19(27)10-6-16)21(24(30)25(28)31)23(29)17-3-7-18(26)8-4-17/h3-13,22,29H,1-2H3/b23-21+. The van der Waals surface area contributed by atoms with Crippen molar-refractivity contribution in [2.75, 3.05) is 4.90 Å². The summed E-state index contributed by atoms with van der Waals surface area (Å²) >= 11 is 5.94. The summed E-state index contributed by atoms with van der Waals surface area (Å²) in [7, 11) is 0. The zero-order chi connectivity index (χ0) is 22.3. The second-order valence-electron chi connectivity index (χ2n) is 7.57. The van der Waals surface area contributed by atoms with Gasteiger partial charge in [-0.05, 0) is 79.1 Å². The molecule has 4 rings (SSSR count). The Balaban J connectivity index is 1.96. The average Bonchev–Trinajstić information content (AvgIpc) is 2.99. The number of aryl methyl sites for hydroxylation is 2. The van der Waals surface area contributed by atoms with Gasteiger partial charge in [-0.1, -0.05) is 29.8 Å². The first-order valence-corrected chi connectivity index (χ1v) is 10.0. The summed E-state index contributed by atoms with van der Waals surface area (Å²) in [6.07, 6.45) is 0. The van der Waals surface area contributed by atoms with Crippen molar-refractivity contribution in [3.8, 4) is 0 Å². The number of carbonyl (C=O) groups is 2. The van der Waals surface area contributed by atoms with Crippen LogP contribution >= 0.6 is 11.6 Å². The molecule has 1 fully saturated rings. The fourth-order valence-corrected chi connectivity index (χ4v) is 4.04. The van der Waals surface area contributed by atoms with E-state index in [4.69, 9.17) is 11.6 Å². The predicted molar refractivity (Wildman–Crippen MR) is 119 cm³/mol. The van der Waals surface area contributed by atoms with Gasteiger partial charge in [0.1, 0.15) is 11.6 Å². The summed E-state index contributed by atoms with van der Waals surface area (Å²) in [4.78, 5) is 27.6. The van der Waals surface area contributed by atoms with Crippen molar-refractivity contribution in [3.63, 3.8) is 0 Å². The Hall–Kier alpha value is -3.44. The number of rotatable bonds is 3. The molecule has 1 saturated heterocycles. The SMILES string of the molecule is Cc1cc(C)cc(N2C(=O)C(=O)/C(=C(/O)c3ccc(Cl)cc3)C2c2ccc(F)cc2)c1. The number of ketones is 1. The highest BCUT2D eigenvalue weighted by Crippen LogP contribution is 2.42. The van der Waals surface area contributed by atoms with E-state index in [-0.39, 0.29) is 11.3 Å². The third-order valence-corrected chi connectivity index (χ3v) is 5.48. The molecule has 1 heterocycles. The van der Waals surface area contributed by atoms with Crippen LogP contribution in [0.25, 0.3) is 5.76 Å². The van der Waals surface area contributed by atoms with E-state index in [9.17, 15) is 19.1 Å². The van der Waals surface area contributed by atoms with Gasteiger partial charge in [-0.25, -0.2) is 4.39 Å². The van der Waals surface area contributed by atoms with E-state index in [1.807, 2.05) is 19.9 Å². The van der Waals surface area contributed by atoms with E-state index in [1.165, 1.54) is 29.2 Å². The molecule has 1 aliphatic rings. The van der Waals surface area contributed by atoms with E-state index >= 15 is 0 Å². The number of halogens is 2. The Morgan fingerprint density at radius 1 is 0.935 bits per heavy atom. The highest BCUT2D eigenvalue weighted by atomic mass is 35.5. The normalized spacial score (nSPS) is 17.9. The van der Waals surface area contributed by atoms with Gasteiger partial charge in [-0.2, -0.15) is 0 Å². The van der Waals surface area contributed by atoms with Crippen LogP contribution in [0.15, 0.2) is 72.3 Å². The molecular formula is C25H19ClFNO3. The molecule has 0 radical (unpaired) electrons. The molecule has 0 aliphatic carbocycles. The predicted octanol–water partition coefficient (Wildman–Crippen LogP) is 5.72. The molecule has 1 unspecified atom stereocenters. The van der Waals surface area contributed by atoms with Crippen LogP contribution in [-0.4, -0.2) is 16.8 Å². The Kier molecular flexibility index (Phi) is 5.38. The summed E-state index contributed by atoms with van der Waals surface area (Å²) in [6, 6.07) is 16.5. The van der Waals surface area contributed by atoms with Gasteiger partial charge in [-0.3, -0.25) is 14.5 Å². The van der Waals surface area contributed by atoms with Gasteiger partial charge < -0.3 is 5.11 Å². The van der Waals surface area contributed by atoms with E-state index < -0.39 is 23.5 Å². The van der Waals surface area contributed by atoms with Gasteiger partial charge in [0.15, 0.2) is 0 Å². The maximum absolute atomic E-state index is 13.6. The van der Waals surface area contributed by atoms with Crippen molar-refractivity contribution >= 4 is 34.7 Å². The molecule has 31 heavy (non-hydrogen) atoms. The van der Waals surface area contributed by atoms with Crippen molar-refractivity contribution in [3.05, 3.63) is 105 Å². The minimum atomic E-state index is -0.905. The second kappa shape index (κ2) is 8.00. The number of benzene rings is 3. The third-order valence-electron chi connectivity index (χ3n) is 5.23. The van der Waals surface area contributed by atoms with Crippen LogP contribution in [-0.2, 0) is 9.59 Å². The lowest BCUT2D eigenvalue weighted by molar-refractivity contribution is -0.132. The number of hydrogen-bond acceptors (Lipinski definition) is 3. The largest absolute Gasteiger partial charge is 0.507 e. The molecule has 1 aliphatic heterocycles. The zero-order valence-electron chi connectivity index (χ0n) is 16.9. The maximum Gasteiger partial charge on any atom is 0.300 e. The van der Waals surface area contributed by atoms with Crippen LogP contribution in [0.2, 0.25) is 5.02 Å². The lowest BCUT2D eigenvalue weighted by Gasteiger charge is -2.26. The molecular weight excluding hydrogens is 417 g/mol. The van der Waals surface area contributed by atoms with Crippen molar-refractivity contribution in [1.82, 2.24) is 0 Å². The highest BCUT2D eigenvalue weighted by molar-refractivity contribution is 6.51. The van der Waals surface area contributed by atoms with Gasteiger partial charge in [0.25, 0.3) is 11.7 Å².